The van der Waals surface area contributed by atoms with Crippen molar-refractivity contribution in [3.63, 3.8) is 0 Å². The average Bonchev–Trinajstić information content (AvgIpc) is 2.65. The molecule has 30 heavy (non-hydrogen) atoms. The van der Waals surface area contributed by atoms with Crippen LogP contribution in [0.5, 0.6) is 5.75 Å². The molecule has 0 saturated carbocycles. The summed E-state index contributed by atoms with van der Waals surface area (Å²) in [5, 5.41) is 13.2. The first kappa shape index (κ1) is 21.6. The number of hydrogen-bond acceptors (Lipinski definition) is 7. The molecule has 3 rings (SSSR count). The average molecular weight is 413 g/mol. The summed E-state index contributed by atoms with van der Waals surface area (Å²) < 4.78 is 10.3. The van der Waals surface area contributed by atoms with Crippen molar-refractivity contribution in [2.75, 3.05) is 7.11 Å². The molecule has 0 spiro atoms. The van der Waals surface area contributed by atoms with Gasteiger partial charge in [-0.1, -0.05) is 19.1 Å². The second kappa shape index (κ2) is 8.34. The maximum Gasteiger partial charge on any atom is 0.337 e. The highest BCUT2D eigenvalue weighted by Crippen LogP contribution is 2.45. The number of methoxy groups -OCH3 is 1. The smallest absolute Gasteiger partial charge is 0.337 e. The number of carbonyl (C=O) groups excluding carboxylic acids is 3. The van der Waals surface area contributed by atoms with Crippen LogP contribution in [0.15, 0.2) is 46.8 Å². The summed E-state index contributed by atoms with van der Waals surface area (Å²) in [6.07, 6.45) is 0.114. The Bertz CT molecular complexity index is 958. The SMILES string of the molecule is COC(=O)[C@@H]1C(=O)C2=C(C[C@@H]1C)NC(C)=C(C(=O)OC(C)C)[C@H]2c1cccc(O)c1. The lowest BCUT2D eigenvalue weighted by atomic mass is 9.69. The van der Waals surface area contributed by atoms with E-state index >= 15 is 0 Å². The molecule has 2 aliphatic rings. The number of dihydropyridines is 1. The Morgan fingerprint density at radius 1 is 1.27 bits per heavy atom. The molecule has 7 heteroatoms. The number of hydrogen-bond donors (Lipinski definition) is 2. The lowest BCUT2D eigenvalue weighted by Crippen LogP contribution is -2.43. The summed E-state index contributed by atoms with van der Waals surface area (Å²) >= 11 is 0. The molecule has 0 bridgehead atoms. The number of phenolic OH excluding ortho intramolecular Hbond substituents is 1. The van der Waals surface area contributed by atoms with E-state index in [0.717, 1.165) is 0 Å². The number of ketones is 1. The fourth-order valence-electron chi connectivity index (χ4n) is 4.27. The monoisotopic (exact) mass is 413 g/mol. The van der Waals surface area contributed by atoms with E-state index in [1.165, 1.54) is 19.2 Å². The summed E-state index contributed by atoms with van der Waals surface area (Å²) in [7, 11) is 1.26. The molecule has 1 heterocycles. The van der Waals surface area contributed by atoms with Gasteiger partial charge in [-0.05, 0) is 50.8 Å². The van der Waals surface area contributed by atoms with E-state index in [2.05, 4.69) is 5.32 Å². The van der Waals surface area contributed by atoms with Crippen molar-refractivity contribution in [1.29, 1.82) is 0 Å². The van der Waals surface area contributed by atoms with Crippen molar-refractivity contribution in [3.05, 3.63) is 52.4 Å². The van der Waals surface area contributed by atoms with Crippen LogP contribution in [0.2, 0.25) is 0 Å². The standard InChI is InChI=1S/C23H27NO6/c1-11(2)30-23(28)18-13(4)24-16-9-12(3)17(22(27)29-5)21(26)20(16)19(18)14-7-6-8-15(25)10-14/h6-8,10-12,17,19,24-25H,9H2,1-5H3/t12-,17-,19+/m0/s1. The number of ether oxygens (including phenoxy) is 2. The molecule has 0 amide bonds. The van der Waals surface area contributed by atoms with Crippen LogP contribution in [-0.4, -0.2) is 36.0 Å². The molecular formula is C23H27NO6. The molecule has 0 saturated heterocycles. The second-order valence-corrected chi connectivity index (χ2v) is 8.08. The van der Waals surface area contributed by atoms with Gasteiger partial charge in [-0.15, -0.1) is 0 Å². The zero-order valence-electron chi connectivity index (χ0n) is 17.8. The summed E-state index contributed by atoms with van der Waals surface area (Å²) in [5.74, 6) is -3.45. The molecule has 7 nitrogen and oxygen atoms in total. The number of benzene rings is 1. The zero-order valence-corrected chi connectivity index (χ0v) is 17.8. The third kappa shape index (κ3) is 3.84. The Hall–Kier alpha value is -3.09. The van der Waals surface area contributed by atoms with Crippen LogP contribution in [0.4, 0.5) is 0 Å². The van der Waals surface area contributed by atoms with Crippen molar-refractivity contribution in [2.24, 2.45) is 11.8 Å². The maximum absolute atomic E-state index is 13.5. The highest BCUT2D eigenvalue weighted by atomic mass is 16.5. The van der Waals surface area contributed by atoms with Gasteiger partial charge in [0.25, 0.3) is 0 Å². The van der Waals surface area contributed by atoms with E-state index in [0.29, 0.717) is 34.5 Å². The van der Waals surface area contributed by atoms with Gasteiger partial charge in [0.15, 0.2) is 5.78 Å². The number of allylic oxidation sites excluding steroid dienone is 3. The topological polar surface area (TPSA) is 102 Å². The largest absolute Gasteiger partial charge is 0.508 e. The predicted octanol–water partition coefficient (Wildman–Crippen LogP) is 2.96. The summed E-state index contributed by atoms with van der Waals surface area (Å²) in [5.41, 5.74) is 2.48. The van der Waals surface area contributed by atoms with Crippen LogP contribution in [-0.2, 0) is 23.9 Å². The van der Waals surface area contributed by atoms with Gasteiger partial charge < -0.3 is 19.9 Å². The van der Waals surface area contributed by atoms with Gasteiger partial charge in [-0.25, -0.2) is 4.79 Å². The van der Waals surface area contributed by atoms with Gasteiger partial charge in [0.05, 0.1) is 18.8 Å². The van der Waals surface area contributed by atoms with Gasteiger partial charge in [0.1, 0.15) is 11.7 Å². The van der Waals surface area contributed by atoms with Gasteiger partial charge in [-0.3, -0.25) is 9.59 Å². The van der Waals surface area contributed by atoms with E-state index in [4.69, 9.17) is 9.47 Å². The number of esters is 2. The number of phenols is 1. The minimum Gasteiger partial charge on any atom is -0.508 e. The molecule has 1 aliphatic heterocycles. The maximum atomic E-state index is 13.5. The van der Waals surface area contributed by atoms with Gasteiger partial charge in [0, 0.05) is 22.9 Å². The summed E-state index contributed by atoms with van der Waals surface area (Å²) in [6.45, 7) is 7.09. The Balaban J connectivity index is 2.19. The Kier molecular flexibility index (Phi) is 6.01. The first-order valence-corrected chi connectivity index (χ1v) is 9.98. The van der Waals surface area contributed by atoms with Gasteiger partial charge >= 0.3 is 11.9 Å². The number of carbonyl (C=O) groups is 3. The quantitative estimate of drug-likeness (QED) is 0.578. The van der Waals surface area contributed by atoms with Crippen molar-refractivity contribution < 1.29 is 29.0 Å². The molecule has 0 radical (unpaired) electrons. The highest BCUT2D eigenvalue weighted by molar-refractivity contribution is 6.12. The van der Waals surface area contributed by atoms with E-state index in [-0.39, 0.29) is 23.6 Å². The fraction of sp³-hybridized carbons (Fsp3) is 0.435. The lowest BCUT2D eigenvalue weighted by Gasteiger charge is -2.38. The predicted molar refractivity (Wildman–Crippen MR) is 109 cm³/mol. The molecule has 0 unspecified atom stereocenters. The van der Waals surface area contributed by atoms with E-state index < -0.39 is 23.8 Å². The Morgan fingerprint density at radius 2 is 1.97 bits per heavy atom. The van der Waals surface area contributed by atoms with E-state index in [1.54, 1.807) is 32.9 Å². The minimum atomic E-state index is -0.948. The van der Waals surface area contributed by atoms with Gasteiger partial charge in [-0.2, -0.15) is 0 Å². The summed E-state index contributed by atoms with van der Waals surface area (Å²) in [4.78, 5) is 38.9. The number of rotatable bonds is 4. The summed E-state index contributed by atoms with van der Waals surface area (Å²) in [6, 6.07) is 6.44. The first-order chi connectivity index (χ1) is 14.1. The first-order valence-electron chi connectivity index (χ1n) is 9.98. The molecule has 0 fully saturated rings. The Morgan fingerprint density at radius 3 is 2.57 bits per heavy atom. The molecule has 160 valence electrons. The zero-order chi connectivity index (χ0) is 22.2. The van der Waals surface area contributed by atoms with Crippen LogP contribution in [0.25, 0.3) is 0 Å². The molecular weight excluding hydrogens is 386 g/mol. The van der Waals surface area contributed by atoms with Crippen molar-refractivity contribution in [3.8, 4) is 5.75 Å². The molecule has 2 N–H and O–H groups in total. The molecule has 1 aromatic rings. The molecule has 0 aromatic heterocycles. The molecule has 1 aliphatic carbocycles. The van der Waals surface area contributed by atoms with Crippen molar-refractivity contribution >= 4 is 17.7 Å². The van der Waals surface area contributed by atoms with Crippen LogP contribution < -0.4 is 5.32 Å². The van der Waals surface area contributed by atoms with Crippen molar-refractivity contribution in [1.82, 2.24) is 5.32 Å². The van der Waals surface area contributed by atoms with Crippen LogP contribution in [0, 0.1) is 11.8 Å². The van der Waals surface area contributed by atoms with Crippen molar-refractivity contribution in [2.45, 2.75) is 46.1 Å². The Labute approximate surface area is 175 Å². The van der Waals surface area contributed by atoms with Crippen LogP contribution in [0.3, 0.4) is 0 Å². The van der Waals surface area contributed by atoms with Crippen LogP contribution in [0.1, 0.15) is 45.6 Å². The van der Waals surface area contributed by atoms with Crippen LogP contribution >= 0.6 is 0 Å². The lowest BCUT2D eigenvalue weighted by molar-refractivity contribution is -0.151. The third-order valence-electron chi connectivity index (χ3n) is 5.51. The molecule has 1 aromatic carbocycles. The molecule has 3 atom stereocenters. The van der Waals surface area contributed by atoms with Gasteiger partial charge in [0.2, 0.25) is 0 Å². The number of nitrogens with one attached hydrogen (secondary N) is 1. The van der Waals surface area contributed by atoms with E-state index in [9.17, 15) is 19.5 Å². The second-order valence-electron chi connectivity index (χ2n) is 8.08. The normalized spacial score (nSPS) is 23.8. The van der Waals surface area contributed by atoms with E-state index in [1.807, 2.05) is 6.92 Å². The number of Topliss-reactive ketones (excluding diaryl/α,β-unsaturated/α-hetero) is 1. The fourth-order valence-corrected chi connectivity index (χ4v) is 4.27. The minimum absolute atomic E-state index is 0.0172. The highest BCUT2D eigenvalue weighted by Gasteiger charge is 2.47. The third-order valence-corrected chi connectivity index (χ3v) is 5.51. The number of aromatic hydroxyl groups is 1.